The van der Waals surface area contributed by atoms with Gasteiger partial charge in [-0.2, -0.15) is 0 Å². The highest BCUT2D eigenvalue weighted by molar-refractivity contribution is 4.84. The summed E-state index contributed by atoms with van der Waals surface area (Å²) in [7, 11) is 0. The van der Waals surface area contributed by atoms with Crippen molar-refractivity contribution in [3.8, 4) is 0 Å². The molecular weight excluding hydrogens is 162 g/mol. The fourth-order valence-electron chi connectivity index (χ4n) is 1.76. The lowest BCUT2D eigenvalue weighted by Crippen LogP contribution is -2.31. The maximum absolute atomic E-state index is 8.70. The van der Waals surface area contributed by atoms with Crippen molar-refractivity contribution in [1.29, 1.82) is 0 Å². The van der Waals surface area contributed by atoms with Gasteiger partial charge in [0.05, 0.1) is 0 Å². The third-order valence-electron chi connectivity index (χ3n) is 2.52. The van der Waals surface area contributed by atoms with Crippen LogP contribution in [0.25, 0.3) is 0 Å². The van der Waals surface area contributed by atoms with Crippen LogP contribution in [0.3, 0.4) is 0 Å². The van der Waals surface area contributed by atoms with E-state index in [2.05, 4.69) is 18.7 Å². The first-order valence-corrected chi connectivity index (χ1v) is 5.59. The van der Waals surface area contributed by atoms with Crippen molar-refractivity contribution in [3.63, 3.8) is 0 Å². The highest BCUT2D eigenvalue weighted by atomic mass is 16.2. The zero-order valence-corrected chi connectivity index (χ0v) is 9.00. The molecule has 13 heavy (non-hydrogen) atoms. The zero-order valence-electron chi connectivity index (χ0n) is 9.00. The fourth-order valence-corrected chi connectivity index (χ4v) is 1.76. The Morgan fingerprint density at radius 1 is 1.31 bits per heavy atom. The van der Waals surface area contributed by atoms with Gasteiger partial charge in [-0.05, 0) is 38.1 Å². The quantitative estimate of drug-likeness (QED) is 0.612. The Balaban J connectivity index is 2.13. The lowest BCUT2D eigenvalue weighted by Gasteiger charge is -2.23. The number of nitrogens with zero attached hydrogens (tertiary/aromatic N) is 1. The number of hydrogen-bond donors (Lipinski definition) is 1. The lowest BCUT2D eigenvalue weighted by molar-refractivity contribution is 0.216. The van der Waals surface area contributed by atoms with E-state index >= 15 is 0 Å². The monoisotopic (exact) mass is 185 g/mol. The molecule has 0 unspecified atom stereocenters. The van der Waals surface area contributed by atoms with Gasteiger partial charge in [0, 0.05) is 19.2 Å². The summed E-state index contributed by atoms with van der Waals surface area (Å²) in [4.78, 5) is 2.60. The molecule has 1 saturated carbocycles. The van der Waals surface area contributed by atoms with Crippen molar-refractivity contribution >= 4 is 0 Å². The molecule has 1 rings (SSSR count). The Morgan fingerprint density at radius 2 is 2.00 bits per heavy atom. The molecule has 2 nitrogen and oxygen atoms in total. The predicted molar refractivity (Wildman–Crippen MR) is 55.8 cm³/mol. The van der Waals surface area contributed by atoms with Gasteiger partial charge in [-0.3, -0.25) is 0 Å². The molecule has 0 aromatic rings. The first-order valence-electron chi connectivity index (χ1n) is 5.59. The standard InChI is InChI=1S/C11H23NO/c1-10(2)9-12(11-5-6-11)7-3-4-8-13/h10-11,13H,3-9H2,1-2H3. The van der Waals surface area contributed by atoms with E-state index in [1.807, 2.05) is 0 Å². The average Bonchev–Trinajstić information content (AvgIpc) is 2.84. The smallest absolute Gasteiger partial charge is 0.0431 e. The van der Waals surface area contributed by atoms with Crippen molar-refractivity contribution in [2.75, 3.05) is 19.7 Å². The summed E-state index contributed by atoms with van der Waals surface area (Å²) >= 11 is 0. The number of hydrogen-bond acceptors (Lipinski definition) is 2. The van der Waals surface area contributed by atoms with Crippen molar-refractivity contribution in [2.24, 2.45) is 5.92 Å². The van der Waals surface area contributed by atoms with Crippen LogP contribution in [0.5, 0.6) is 0 Å². The highest BCUT2D eigenvalue weighted by Gasteiger charge is 2.28. The van der Waals surface area contributed by atoms with Gasteiger partial charge in [0.1, 0.15) is 0 Å². The van der Waals surface area contributed by atoms with E-state index < -0.39 is 0 Å². The molecule has 0 amide bonds. The molecule has 0 aromatic carbocycles. The van der Waals surface area contributed by atoms with Crippen LogP contribution in [0, 0.1) is 5.92 Å². The lowest BCUT2D eigenvalue weighted by atomic mass is 10.2. The van der Waals surface area contributed by atoms with Gasteiger partial charge in [-0.25, -0.2) is 0 Å². The maximum atomic E-state index is 8.70. The second-order valence-corrected chi connectivity index (χ2v) is 4.55. The van der Waals surface area contributed by atoms with E-state index in [0.29, 0.717) is 6.61 Å². The summed E-state index contributed by atoms with van der Waals surface area (Å²) < 4.78 is 0. The average molecular weight is 185 g/mol. The van der Waals surface area contributed by atoms with Gasteiger partial charge < -0.3 is 10.0 Å². The minimum Gasteiger partial charge on any atom is -0.396 e. The van der Waals surface area contributed by atoms with E-state index in [1.54, 1.807) is 0 Å². The Hall–Kier alpha value is -0.0800. The molecule has 1 aliphatic carbocycles. The van der Waals surface area contributed by atoms with Crippen LogP contribution in [0.15, 0.2) is 0 Å². The largest absolute Gasteiger partial charge is 0.396 e. The van der Waals surface area contributed by atoms with E-state index in [-0.39, 0.29) is 0 Å². The van der Waals surface area contributed by atoms with Gasteiger partial charge in [0.15, 0.2) is 0 Å². The van der Waals surface area contributed by atoms with Gasteiger partial charge >= 0.3 is 0 Å². The van der Waals surface area contributed by atoms with Crippen molar-refractivity contribution in [1.82, 2.24) is 4.90 Å². The maximum Gasteiger partial charge on any atom is 0.0431 e. The molecule has 0 bridgehead atoms. The van der Waals surface area contributed by atoms with E-state index in [0.717, 1.165) is 24.8 Å². The van der Waals surface area contributed by atoms with Crippen LogP contribution in [-0.4, -0.2) is 35.7 Å². The van der Waals surface area contributed by atoms with Crippen molar-refractivity contribution < 1.29 is 5.11 Å². The Morgan fingerprint density at radius 3 is 2.46 bits per heavy atom. The van der Waals surface area contributed by atoms with Crippen LogP contribution in [0.2, 0.25) is 0 Å². The minimum absolute atomic E-state index is 0.347. The number of unbranched alkanes of at least 4 members (excludes halogenated alkanes) is 1. The summed E-state index contributed by atoms with van der Waals surface area (Å²) in [6.45, 7) is 7.32. The SMILES string of the molecule is CC(C)CN(CCCCO)C1CC1. The van der Waals surface area contributed by atoms with Crippen LogP contribution in [0.4, 0.5) is 0 Å². The molecule has 0 aromatic heterocycles. The fraction of sp³-hybridized carbons (Fsp3) is 1.00. The number of aliphatic hydroxyl groups excluding tert-OH is 1. The van der Waals surface area contributed by atoms with Crippen molar-refractivity contribution in [2.45, 2.75) is 45.6 Å². The third kappa shape index (κ3) is 4.63. The molecule has 0 radical (unpaired) electrons. The summed E-state index contributed by atoms with van der Waals surface area (Å²) in [5.41, 5.74) is 0. The molecule has 1 fully saturated rings. The van der Waals surface area contributed by atoms with E-state index in [1.165, 1.54) is 25.9 Å². The molecule has 0 heterocycles. The number of aliphatic hydroxyl groups is 1. The van der Waals surface area contributed by atoms with E-state index in [4.69, 9.17) is 5.11 Å². The second-order valence-electron chi connectivity index (χ2n) is 4.55. The first kappa shape index (κ1) is 11.0. The van der Waals surface area contributed by atoms with Crippen LogP contribution in [0.1, 0.15) is 39.5 Å². The topological polar surface area (TPSA) is 23.5 Å². The van der Waals surface area contributed by atoms with Gasteiger partial charge in [0.25, 0.3) is 0 Å². The van der Waals surface area contributed by atoms with Gasteiger partial charge in [-0.15, -0.1) is 0 Å². The van der Waals surface area contributed by atoms with E-state index in [9.17, 15) is 0 Å². The van der Waals surface area contributed by atoms with Crippen molar-refractivity contribution in [3.05, 3.63) is 0 Å². The van der Waals surface area contributed by atoms with Gasteiger partial charge in [0.2, 0.25) is 0 Å². The minimum atomic E-state index is 0.347. The Kier molecular flexibility index (Phi) is 4.74. The molecule has 0 atom stereocenters. The van der Waals surface area contributed by atoms with Crippen LogP contribution >= 0.6 is 0 Å². The molecular formula is C11H23NO. The highest BCUT2D eigenvalue weighted by Crippen LogP contribution is 2.27. The summed E-state index contributed by atoms with van der Waals surface area (Å²) in [6, 6.07) is 0.876. The Bertz CT molecular complexity index is 132. The molecule has 1 N–H and O–H groups in total. The summed E-state index contributed by atoms with van der Waals surface area (Å²) in [6.07, 6.45) is 4.90. The molecule has 0 saturated heterocycles. The molecule has 78 valence electrons. The molecule has 2 heteroatoms. The molecule has 0 aliphatic heterocycles. The normalized spacial score (nSPS) is 17.3. The van der Waals surface area contributed by atoms with Crippen LogP contribution < -0.4 is 0 Å². The van der Waals surface area contributed by atoms with Gasteiger partial charge in [-0.1, -0.05) is 13.8 Å². The first-order chi connectivity index (χ1) is 6.24. The molecule has 1 aliphatic rings. The third-order valence-corrected chi connectivity index (χ3v) is 2.52. The number of rotatable bonds is 7. The van der Waals surface area contributed by atoms with Crippen LogP contribution in [-0.2, 0) is 0 Å². The molecule has 0 spiro atoms. The zero-order chi connectivity index (χ0) is 9.68. The second kappa shape index (κ2) is 5.61. The predicted octanol–water partition coefficient (Wildman–Crippen LogP) is 1.88. The summed E-state index contributed by atoms with van der Waals surface area (Å²) in [5, 5.41) is 8.70. The Labute approximate surface area is 81.9 Å². The summed E-state index contributed by atoms with van der Waals surface area (Å²) in [5.74, 6) is 0.773.